The lowest BCUT2D eigenvalue weighted by Gasteiger charge is -2.32. The number of aromatic nitrogens is 2. The molecule has 0 aliphatic carbocycles. The summed E-state index contributed by atoms with van der Waals surface area (Å²) in [6.45, 7) is 5.26. The number of nitrogens with one attached hydrogen (secondary N) is 1. The second kappa shape index (κ2) is 7.27. The van der Waals surface area contributed by atoms with Crippen LogP contribution < -0.4 is 5.32 Å². The minimum absolute atomic E-state index is 0.0537. The molecule has 1 aromatic heterocycles. The Bertz CT molecular complexity index is 726. The number of nitrogens with zero attached hydrogens (tertiary/aromatic N) is 4. The third-order valence-electron chi connectivity index (χ3n) is 4.13. The number of benzene rings is 1. The molecule has 2 aromatic rings. The van der Waals surface area contributed by atoms with Gasteiger partial charge in [-0.2, -0.15) is 0 Å². The monoisotopic (exact) mass is 389 g/mol. The molecule has 126 valence electrons. The van der Waals surface area contributed by atoms with Crippen molar-refractivity contribution < 1.29 is 4.79 Å². The predicted octanol–water partition coefficient (Wildman–Crippen LogP) is 2.68. The number of rotatable bonds is 3. The quantitative estimate of drug-likeness (QED) is 0.873. The number of hydrogen-bond acceptors (Lipinski definition) is 5. The van der Waals surface area contributed by atoms with Gasteiger partial charge in [0.25, 0.3) is 5.91 Å². The van der Waals surface area contributed by atoms with Crippen molar-refractivity contribution in [3.63, 3.8) is 0 Å². The second-order valence-electron chi connectivity index (χ2n) is 5.98. The topological polar surface area (TPSA) is 61.4 Å². The number of piperazine rings is 1. The van der Waals surface area contributed by atoms with Gasteiger partial charge in [0.05, 0.1) is 0 Å². The Hall–Kier alpha value is -1.99. The zero-order chi connectivity index (χ0) is 17.1. The smallest absolute Gasteiger partial charge is 0.274 e. The number of amides is 1. The maximum atomic E-state index is 12.4. The molecular formula is C17H20BrN5O. The van der Waals surface area contributed by atoms with E-state index in [1.165, 1.54) is 0 Å². The number of hydrogen-bond donors (Lipinski definition) is 1. The molecule has 0 atom stereocenters. The van der Waals surface area contributed by atoms with Crippen LogP contribution in [-0.2, 0) is 0 Å². The summed E-state index contributed by atoms with van der Waals surface area (Å²) >= 11 is 3.45. The van der Waals surface area contributed by atoms with Crippen LogP contribution in [0.3, 0.4) is 0 Å². The molecule has 7 heteroatoms. The van der Waals surface area contributed by atoms with Crippen LogP contribution in [0.25, 0.3) is 0 Å². The third kappa shape index (κ3) is 3.91. The van der Waals surface area contributed by atoms with Gasteiger partial charge in [-0.25, -0.2) is 0 Å². The van der Waals surface area contributed by atoms with Gasteiger partial charge in [-0.05, 0) is 49.9 Å². The first-order chi connectivity index (χ1) is 11.5. The van der Waals surface area contributed by atoms with Gasteiger partial charge in [0.2, 0.25) is 0 Å². The summed E-state index contributed by atoms with van der Waals surface area (Å²) in [6.07, 6.45) is 0. The molecule has 1 saturated heterocycles. The van der Waals surface area contributed by atoms with E-state index in [2.05, 4.69) is 43.4 Å². The highest BCUT2D eigenvalue weighted by atomic mass is 79.9. The highest BCUT2D eigenvalue weighted by Gasteiger charge is 2.21. The van der Waals surface area contributed by atoms with E-state index < -0.39 is 0 Å². The summed E-state index contributed by atoms with van der Waals surface area (Å²) in [6, 6.07) is 9.49. The lowest BCUT2D eigenvalue weighted by Crippen LogP contribution is -2.47. The number of anilines is 2. The van der Waals surface area contributed by atoms with Crippen LogP contribution in [0.5, 0.6) is 0 Å². The zero-order valence-corrected chi connectivity index (χ0v) is 15.4. The van der Waals surface area contributed by atoms with Crippen molar-refractivity contribution in [2.75, 3.05) is 38.5 Å². The number of carbonyl (C=O) groups excluding carboxylic acids is 1. The molecule has 1 N–H and O–H groups in total. The van der Waals surface area contributed by atoms with E-state index >= 15 is 0 Å². The number of carbonyl (C=O) groups is 1. The van der Waals surface area contributed by atoms with Gasteiger partial charge in [-0.3, -0.25) is 4.79 Å². The van der Waals surface area contributed by atoms with Gasteiger partial charge < -0.3 is 15.1 Å². The van der Waals surface area contributed by atoms with Crippen LogP contribution >= 0.6 is 15.9 Å². The fraction of sp³-hybridized carbons (Fsp3) is 0.353. The number of likely N-dealkylation sites (N-methyl/N-ethyl adjacent to an activating group) is 1. The summed E-state index contributed by atoms with van der Waals surface area (Å²) < 4.78 is 1.03. The molecule has 0 bridgehead atoms. The molecule has 1 fully saturated rings. The highest BCUT2D eigenvalue weighted by molar-refractivity contribution is 9.10. The Kier molecular flexibility index (Phi) is 5.11. The van der Waals surface area contributed by atoms with E-state index in [0.29, 0.717) is 11.5 Å². The number of halogens is 1. The van der Waals surface area contributed by atoms with Gasteiger partial charge in [-0.15, -0.1) is 10.2 Å². The first-order valence-corrected chi connectivity index (χ1v) is 8.67. The Morgan fingerprint density at radius 1 is 1.12 bits per heavy atom. The molecule has 0 unspecified atom stereocenters. The molecular weight excluding hydrogens is 370 g/mol. The second-order valence-corrected chi connectivity index (χ2v) is 6.90. The van der Waals surface area contributed by atoms with Gasteiger partial charge in [0.15, 0.2) is 11.5 Å². The van der Waals surface area contributed by atoms with Crippen molar-refractivity contribution in [2.24, 2.45) is 0 Å². The molecule has 1 aliphatic heterocycles. The van der Waals surface area contributed by atoms with E-state index in [-0.39, 0.29) is 5.91 Å². The van der Waals surface area contributed by atoms with Crippen LogP contribution in [0.2, 0.25) is 0 Å². The fourth-order valence-corrected chi connectivity index (χ4v) is 3.07. The minimum atomic E-state index is -0.0537. The zero-order valence-electron chi connectivity index (χ0n) is 13.8. The van der Waals surface area contributed by atoms with Gasteiger partial charge in [0.1, 0.15) is 0 Å². The fourth-order valence-electron chi connectivity index (χ4n) is 2.59. The maximum absolute atomic E-state index is 12.4. The average molecular weight is 390 g/mol. The van der Waals surface area contributed by atoms with E-state index in [9.17, 15) is 4.79 Å². The van der Waals surface area contributed by atoms with Crippen molar-refractivity contribution in [1.82, 2.24) is 20.0 Å². The summed E-state index contributed by atoms with van der Waals surface area (Å²) in [5.41, 5.74) is 2.45. The maximum Gasteiger partial charge on any atom is 0.274 e. The molecule has 1 aromatic carbocycles. The van der Waals surface area contributed by atoms with Crippen LogP contribution in [0.4, 0.5) is 11.5 Å². The van der Waals surface area contributed by atoms with Crippen LogP contribution in [0.15, 0.2) is 34.8 Å². The van der Waals surface area contributed by atoms with Crippen molar-refractivity contribution in [3.8, 4) is 0 Å². The van der Waals surface area contributed by atoms with Crippen molar-refractivity contribution in [2.45, 2.75) is 6.92 Å². The number of aryl methyl sites for hydroxylation is 1. The molecule has 2 heterocycles. The van der Waals surface area contributed by atoms with Crippen molar-refractivity contribution in [3.05, 3.63) is 46.1 Å². The van der Waals surface area contributed by atoms with E-state index in [4.69, 9.17) is 0 Å². The molecule has 3 rings (SSSR count). The molecule has 0 spiro atoms. The standard InChI is InChI=1S/C17H20BrN5O/c1-12-11-13(18)3-4-14(12)19-16-6-5-15(20-21-16)17(24)23-9-7-22(2)8-10-23/h3-6,11H,7-10H2,1-2H3,(H,19,21). The van der Waals surface area contributed by atoms with Gasteiger partial charge in [0, 0.05) is 36.3 Å². The SMILES string of the molecule is Cc1cc(Br)ccc1Nc1ccc(C(=O)N2CCN(C)CC2)nn1. The lowest BCUT2D eigenvalue weighted by atomic mass is 10.2. The van der Waals surface area contributed by atoms with E-state index in [0.717, 1.165) is 41.9 Å². The highest BCUT2D eigenvalue weighted by Crippen LogP contribution is 2.22. The first kappa shape index (κ1) is 16.9. The van der Waals surface area contributed by atoms with Gasteiger partial charge >= 0.3 is 0 Å². The molecule has 0 radical (unpaired) electrons. The van der Waals surface area contributed by atoms with Crippen LogP contribution in [0, 0.1) is 6.92 Å². The molecule has 24 heavy (non-hydrogen) atoms. The minimum Gasteiger partial charge on any atom is -0.339 e. The van der Waals surface area contributed by atoms with Crippen LogP contribution in [-0.4, -0.2) is 59.1 Å². The molecule has 6 nitrogen and oxygen atoms in total. The first-order valence-electron chi connectivity index (χ1n) is 7.87. The lowest BCUT2D eigenvalue weighted by molar-refractivity contribution is 0.0657. The predicted molar refractivity (Wildman–Crippen MR) is 97.6 cm³/mol. The summed E-state index contributed by atoms with van der Waals surface area (Å²) in [5, 5.41) is 11.5. The Morgan fingerprint density at radius 3 is 2.50 bits per heavy atom. The van der Waals surface area contributed by atoms with Crippen molar-refractivity contribution in [1.29, 1.82) is 0 Å². The molecule has 1 aliphatic rings. The Morgan fingerprint density at radius 2 is 1.88 bits per heavy atom. The van der Waals surface area contributed by atoms with Crippen molar-refractivity contribution >= 4 is 33.3 Å². The summed E-state index contributed by atoms with van der Waals surface area (Å²) in [4.78, 5) is 16.5. The normalized spacial score (nSPS) is 15.4. The van der Waals surface area contributed by atoms with Gasteiger partial charge in [-0.1, -0.05) is 15.9 Å². The Labute approximate surface area is 150 Å². The largest absolute Gasteiger partial charge is 0.339 e. The summed E-state index contributed by atoms with van der Waals surface area (Å²) in [7, 11) is 2.06. The Balaban J connectivity index is 1.68. The third-order valence-corrected chi connectivity index (χ3v) is 4.62. The van der Waals surface area contributed by atoms with E-state index in [1.54, 1.807) is 12.1 Å². The molecule has 0 saturated carbocycles. The summed E-state index contributed by atoms with van der Waals surface area (Å²) in [5.74, 6) is 0.567. The van der Waals surface area contributed by atoms with Crippen LogP contribution in [0.1, 0.15) is 16.1 Å². The molecule has 1 amide bonds. The average Bonchev–Trinajstić information content (AvgIpc) is 2.58. The van der Waals surface area contributed by atoms with E-state index in [1.807, 2.05) is 30.0 Å².